The molecule has 0 bridgehead atoms. The molecule has 0 radical (unpaired) electrons. The van der Waals surface area contributed by atoms with Crippen molar-refractivity contribution in [3.05, 3.63) is 57.2 Å². The molecular formula is C12H7BrClFO2. The Morgan fingerprint density at radius 2 is 2.12 bits per heavy atom. The predicted octanol–water partition coefficient (Wildman–Crippen LogP) is 4.26. The van der Waals surface area contributed by atoms with Gasteiger partial charge in [-0.1, -0.05) is 11.6 Å². The number of rotatable bonds is 3. The number of hydrogen-bond donors (Lipinski definition) is 0. The van der Waals surface area contributed by atoms with Gasteiger partial charge in [0.05, 0.1) is 0 Å². The van der Waals surface area contributed by atoms with Gasteiger partial charge in [-0.2, -0.15) is 0 Å². The van der Waals surface area contributed by atoms with Crippen molar-refractivity contribution in [3.8, 4) is 0 Å². The monoisotopic (exact) mass is 316 g/mol. The van der Waals surface area contributed by atoms with Crippen LogP contribution >= 0.6 is 27.5 Å². The Bertz CT molecular complexity index is 565. The summed E-state index contributed by atoms with van der Waals surface area (Å²) in [4.78, 5) is 11.8. The molecule has 0 N–H and O–H groups in total. The van der Waals surface area contributed by atoms with Crippen molar-refractivity contribution < 1.29 is 13.6 Å². The summed E-state index contributed by atoms with van der Waals surface area (Å²) in [6, 6.07) is 7.26. The normalized spacial score (nSPS) is 10.5. The van der Waals surface area contributed by atoms with Crippen LogP contribution in [-0.4, -0.2) is 5.78 Å². The second kappa shape index (κ2) is 5.02. The summed E-state index contributed by atoms with van der Waals surface area (Å²) < 4.78 is 19.0. The number of carbonyl (C=O) groups excluding carboxylic acids is 1. The van der Waals surface area contributed by atoms with Gasteiger partial charge in [0.1, 0.15) is 5.82 Å². The van der Waals surface area contributed by atoms with Crippen LogP contribution in [0.15, 0.2) is 39.4 Å². The molecule has 0 aliphatic heterocycles. The topological polar surface area (TPSA) is 30.2 Å². The van der Waals surface area contributed by atoms with Gasteiger partial charge in [0, 0.05) is 11.4 Å². The fraction of sp³-hybridized carbons (Fsp3) is 0.0833. The van der Waals surface area contributed by atoms with Gasteiger partial charge in [0.25, 0.3) is 0 Å². The maximum absolute atomic E-state index is 13.4. The minimum Gasteiger partial charge on any atom is -0.446 e. The van der Waals surface area contributed by atoms with Gasteiger partial charge in [-0.3, -0.25) is 4.79 Å². The van der Waals surface area contributed by atoms with Crippen molar-refractivity contribution >= 4 is 33.3 Å². The molecule has 0 fully saturated rings. The van der Waals surface area contributed by atoms with Crippen LogP contribution in [0.1, 0.15) is 16.1 Å². The maximum atomic E-state index is 13.4. The van der Waals surface area contributed by atoms with E-state index in [4.69, 9.17) is 16.0 Å². The van der Waals surface area contributed by atoms with Crippen LogP contribution in [0.4, 0.5) is 4.39 Å². The van der Waals surface area contributed by atoms with Crippen LogP contribution in [0.3, 0.4) is 0 Å². The standard InChI is InChI=1S/C12H7BrClFO2/c13-12-4-3-11(17-12)10(16)6-7-5-8(14)1-2-9(7)15/h1-5H,6H2. The number of halogens is 3. The van der Waals surface area contributed by atoms with E-state index in [1.165, 1.54) is 24.3 Å². The van der Waals surface area contributed by atoms with E-state index in [9.17, 15) is 9.18 Å². The lowest BCUT2D eigenvalue weighted by molar-refractivity contribution is 0.0964. The third-order valence-electron chi connectivity index (χ3n) is 2.21. The first-order chi connectivity index (χ1) is 8.06. The van der Waals surface area contributed by atoms with E-state index < -0.39 is 5.82 Å². The molecule has 0 aliphatic rings. The molecule has 17 heavy (non-hydrogen) atoms. The lowest BCUT2D eigenvalue weighted by Crippen LogP contribution is -2.04. The lowest BCUT2D eigenvalue weighted by atomic mass is 10.1. The molecular weight excluding hydrogens is 310 g/mol. The second-order valence-corrected chi connectivity index (χ2v) is 4.66. The van der Waals surface area contributed by atoms with Crippen LogP contribution in [0.5, 0.6) is 0 Å². The van der Waals surface area contributed by atoms with Crippen molar-refractivity contribution in [1.82, 2.24) is 0 Å². The number of ketones is 1. The molecule has 0 unspecified atom stereocenters. The third-order valence-corrected chi connectivity index (χ3v) is 2.87. The number of furan rings is 1. The van der Waals surface area contributed by atoms with Crippen molar-refractivity contribution in [3.63, 3.8) is 0 Å². The highest BCUT2D eigenvalue weighted by Gasteiger charge is 2.14. The predicted molar refractivity (Wildman–Crippen MR) is 65.9 cm³/mol. The highest BCUT2D eigenvalue weighted by molar-refractivity contribution is 9.10. The van der Waals surface area contributed by atoms with Crippen molar-refractivity contribution in [1.29, 1.82) is 0 Å². The summed E-state index contributed by atoms with van der Waals surface area (Å²) in [6.07, 6.45) is -0.0770. The fourth-order valence-electron chi connectivity index (χ4n) is 1.40. The zero-order chi connectivity index (χ0) is 12.4. The van der Waals surface area contributed by atoms with Gasteiger partial charge < -0.3 is 4.42 Å². The van der Waals surface area contributed by atoms with Gasteiger partial charge in [0.2, 0.25) is 5.78 Å². The molecule has 0 aliphatic carbocycles. The van der Waals surface area contributed by atoms with E-state index in [0.29, 0.717) is 9.69 Å². The first-order valence-corrected chi connectivity index (χ1v) is 5.96. The minimum atomic E-state index is -0.451. The SMILES string of the molecule is O=C(Cc1cc(Cl)ccc1F)c1ccc(Br)o1. The summed E-state index contributed by atoms with van der Waals surface area (Å²) >= 11 is 8.84. The van der Waals surface area contributed by atoms with Gasteiger partial charge in [0.15, 0.2) is 10.4 Å². The molecule has 88 valence electrons. The molecule has 0 saturated carbocycles. The Balaban J connectivity index is 2.21. The Morgan fingerprint density at radius 1 is 1.35 bits per heavy atom. The number of benzene rings is 1. The average molecular weight is 318 g/mol. The van der Waals surface area contributed by atoms with E-state index in [-0.39, 0.29) is 23.5 Å². The maximum Gasteiger partial charge on any atom is 0.202 e. The largest absolute Gasteiger partial charge is 0.446 e. The lowest BCUT2D eigenvalue weighted by Gasteiger charge is -2.01. The summed E-state index contributed by atoms with van der Waals surface area (Å²) in [5, 5.41) is 0.398. The molecule has 2 nitrogen and oxygen atoms in total. The molecule has 0 atom stereocenters. The van der Waals surface area contributed by atoms with Gasteiger partial charge in [-0.05, 0) is 51.8 Å². The van der Waals surface area contributed by atoms with Gasteiger partial charge in [-0.15, -0.1) is 0 Å². The van der Waals surface area contributed by atoms with Crippen LogP contribution < -0.4 is 0 Å². The van der Waals surface area contributed by atoms with Gasteiger partial charge in [-0.25, -0.2) is 4.39 Å². The number of hydrogen-bond acceptors (Lipinski definition) is 2. The molecule has 5 heteroatoms. The van der Waals surface area contributed by atoms with E-state index in [2.05, 4.69) is 15.9 Å². The second-order valence-electron chi connectivity index (χ2n) is 3.44. The first kappa shape index (κ1) is 12.3. The fourth-order valence-corrected chi connectivity index (χ4v) is 1.90. The summed E-state index contributed by atoms with van der Waals surface area (Å²) in [5.41, 5.74) is 0.259. The Kier molecular flexibility index (Phi) is 3.64. The van der Waals surface area contributed by atoms with Gasteiger partial charge >= 0.3 is 0 Å². The average Bonchev–Trinajstić information content (AvgIpc) is 2.70. The molecule has 0 amide bonds. The Morgan fingerprint density at radius 3 is 2.76 bits per heavy atom. The molecule has 0 saturated heterocycles. The molecule has 1 aromatic heterocycles. The zero-order valence-electron chi connectivity index (χ0n) is 8.54. The van der Waals surface area contributed by atoms with Crippen molar-refractivity contribution in [2.45, 2.75) is 6.42 Å². The molecule has 2 rings (SSSR count). The van der Waals surface area contributed by atoms with Crippen LogP contribution in [-0.2, 0) is 6.42 Å². The molecule has 1 aromatic carbocycles. The highest BCUT2D eigenvalue weighted by atomic mass is 79.9. The van der Waals surface area contributed by atoms with Crippen molar-refractivity contribution in [2.75, 3.05) is 0 Å². The van der Waals surface area contributed by atoms with Crippen LogP contribution in [0.2, 0.25) is 5.02 Å². The summed E-state index contributed by atoms with van der Waals surface area (Å²) in [5.74, 6) is -0.554. The first-order valence-electron chi connectivity index (χ1n) is 4.79. The smallest absolute Gasteiger partial charge is 0.202 e. The molecule has 0 spiro atoms. The molecule has 1 heterocycles. The van der Waals surface area contributed by atoms with E-state index in [1.807, 2.05) is 0 Å². The highest BCUT2D eigenvalue weighted by Crippen LogP contribution is 2.19. The zero-order valence-corrected chi connectivity index (χ0v) is 10.9. The van der Waals surface area contributed by atoms with E-state index in [1.54, 1.807) is 6.07 Å². The van der Waals surface area contributed by atoms with E-state index >= 15 is 0 Å². The summed E-state index contributed by atoms with van der Waals surface area (Å²) in [6.45, 7) is 0. The molecule has 2 aromatic rings. The minimum absolute atomic E-state index is 0.0770. The van der Waals surface area contributed by atoms with E-state index in [0.717, 1.165) is 0 Å². The third kappa shape index (κ3) is 2.96. The quantitative estimate of drug-likeness (QED) is 0.792. The number of carbonyl (C=O) groups is 1. The Labute approximate surface area is 111 Å². The Hall–Kier alpha value is -1.13. The summed E-state index contributed by atoms with van der Waals surface area (Å²) in [7, 11) is 0. The van der Waals surface area contributed by atoms with Crippen molar-refractivity contribution in [2.24, 2.45) is 0 Å². The number of Topliss-reactive ketones (excluding diaryl/α,β-unsaturated/α-hetero) is 1. The van der Waals surface area contributed by atoms with Crippen LogP contribution in [0, 0.1) is 5.82 Å². The van der Waals surface area contributed by atoms with Crippen LogP contribution in [0.25, 0.3) is 0 Å².